The second-order valence-corrected chi connectivity index (χ2v) is 5.29. The molecule has 0 aromatic carbocycles. The van der Waals surface area contributed by atoms with Crippen LogP contribution in [0.1, 0.15) is 22.8 Å². The van der Waals surface area contributed by atoms with E-state index in [-0.39, 0.29) is 5.91 Å². The summed E-state index contributed by atoms with van der Waals surface area (Å²) in [7, 11) is 0. The lowest BCUT2D eigenvalue weighted by Gasteiger charge is -2.07. The molecule has 0 saturated heterocycles. The smallest absolute Gasteiger partial charge is 0.253 e. The van der Waals surface area contributed by atoms with Crippen molar-refractivity contribution in [3.8, 4) is 17.1 Å². The summed E-state index contributed by atoms with van der Waals surface area (Å²) in [6, 6.07) is 11.1. The number of nitrogens with zero attached hydrogens (tertiary/aromatic N) is 3. The van der Waals surface area contributed by atoms with Gasteiger partial charge in [0.05, 0.1) is 17.9 Å². The zero-order chi connectivity index (χ0) is 17.5. The Labute approximate surface area is 145 Å². The fraction of sp³-hybridized carbons (Fsp3) is 0.158. The minimum absolute atomic E-state index is 0.188. The molecule has 0 atom stereocenters. The number of carbonyl (C=O) groups is 1. The summed E-state index contributed by atoms with van der Waals surface area (Å²) < 4.78 is 5.26. The summed E-state index contributed by atoms with van der Waals surface area (Å²) in [4.78, 5) is 24.7. The zero-order valence-corrected chi connectivity index (χ0v) is 13.8. The van der Waals surface area contributed by atoms with Crippen LogP contribution in [0.3, 0.4) is 0 Å². The SMILES string of the molecule is CCOc1ccc(C(=O)NCc2ccc(-c3cccnc3)nc2)cn1. The standard InChI is InChI=1S/C19H18N4O2/c1-2-25-18-8-6-16(13-22-18)19(24)23-11-14-5-7-17(21-10-14)15-4-3-9-20-12-15/h3-10,12-13H,2,11H2,1H3,(H,23,24). The lowest BCUT2D eigenvalue weighted by Crippen LogP contribution is -2.23. The Morgan fingerprint density at radius 3 is 2.64 bits per heavy atom. The van der Waals surface area contributed by atoms with E-state index in [1.54, 1.807) is 30.7 Å². The van der Waals surface area contributed by atoms with Gasteiger partial charge in [0, 0.05) is 43.0 Å². The molecule has 1 N–H and O–H groups in total. The van der Waals surface area contributed by atoms with Crippen molar-refractivity contribution in [2.45, 2.75) is 13.5 Å². The molecule has 0 unspecified atom stereocenters. The molecule has 126 valence electrons. The third-order valence-electron chi connectivity index (χ3n) is 3.53. The van der Waals surface area contributed by atoms with Gasteiger partial charge >= 0.3 is 0 Å². The molecule has 0 aliphatic heterocycles. The van der Waals surface area contributed by atoms with Crippen molar-refractivity contribution < 1.29 is 9.53 Å². The lowest BCUT2D eigenvalue weighted by atomic mass is 10.1. The fourth-order valence-corrected chi connectivity index (χ4v) is 2.25. The predicted molar refractivity (Wildman–Crippen MR) is 94.0 cm³/mol. The van der Waals surface area contributed by atoms with E-state index >= 15 is 0 Å². The summed E-state index contributed by atoms with van der Waals surface area (Å²) in [6.07, 6.45) is 6.75. The molecule has 0 bridgehead atoms. The van der Waals surface area contributed by atoms with E-state index < -0.39 is 0 Å². The third kappa shape index (κ3) is 4.38. The number of ether oxygens (including phenoxy) is 1. The molecule has 6 nitrogen and oxygen atoms in total. The van der Waals surface area contributed by atoms with Gasteiger partial charge in [0.2, 0.25) is 5.88 Å². The molecule has 25 heavy (non-hydrogen) atoms. The summed E-state index contributed by atoms with van der Waals surface area (Å²) in [5.41, 5.74) is 3.21. The van der Waals surface area contributed by atoms with Crippen LogP contribution in [0, 0.1) is 0 Å². The van der Waals surface area contributed by atoms with Crippen LogP contribution in [-0.2, 0) is 6.54 Å². The summed E-state index contributed by atoms with van der Waals surface area (Å²) in [5, 5.41) is 2.85. The van der Waals surface area contributed by atoms with E-state index in [0.29, 0.717) is 24.6 Å². The highest BCUT2D eigenvalue weighted by atomic mass is 16.5. The molecule has 3 heterocycles. The molecule has 3 aromatic rings. The van der Waals surface area contributed by atoms with Crippen molar-refractivity contribution in [2.75, 3.05) is 6.61 Å². The average Bonchev–Trinajstić information content (AvgIpc) is 2.68. The van der Waals surface area contributed by atoms with Gasteiger partial charge < -0.3 is 10.1 Å². The predicted octanol–water partition coefficient (Wildman–Crippen LogP) is 2.87. The van der Waals surface area contributed by atoms with E-state index in [1.807, 2.05) is 31.2 Å². The number of nitrogens with one attached hydrogen (secondary N) is 1. The van der Waals surface area contributed by atoms with Gasteiger partial charge in [0.15, 0.2) is 0 Å². The normalized spacial score (nSPS) is 10.3. The van der Waals surface area contributed by atoms with Gasteiger partial charge in [0.1, 0.15) is 0 Å². The van der Waals surface area contributed by atoms with Gasteiger partial charge in [-0.25, -0.2) is 4.98 Å². The van der Waals surface area contributed by atoms with Crippen LogP contribution in [0.4, 0.5) is 0 Å². The number of rotatable bonds is 6. The second kappa shape index (κ2) is 8.01. The van der Waals surface area contributed by atoms with Gasteiger partial charge in [-0.05, 0) is 36.8 Å². The molecule has 6 heteroatoms. The molecule has 0 aliphatic carbocycles. The summed E-state index contributed by atoms with van der Waals surface area (Å²) in [6.45, 7) is 2.82. The number of carbonyl (C=O) groups excluding carboxylic acids is 1. The number of hydrogen-bond donors (Lipinski definition) is 1. The van der Waals surface area contributed by atoms with Gasteiger partial charge in [-0.15, -0.1) is 0 Å². The monoisotopic (exact) mass is 334 g/mol. The first-order valence-corrected chi connectivity index (χ1v) is 7.98. The maximum Gasteiger partial charge on any atom is 0.253 e. The molecule has 3 aromatic heterocycles. The Hall–Kier alpha value is -3.28. The highest BCUT2D eigenvalue weighted by Gasteiger charge is 2.07. The first-order chi connectivity index (χ1) is 12.3. The number of hydrogen-bond acceptors (Lipinski definition) is 5. The van der Waals surface area contributed by atoms with Crippen LogP contribution in [0.2, 0.25) is 0 Å². The van der Waals surface area contributed by atoms with Crippen LogP contribution < -0.4 is 10.1 Å². The first-order valence-electron chi connectivity index (χ1n) is 7.98. The molecule has 0 fully saturated rings. The molecule has 0 spiro atoms. The zero-order valence-electron chi connectivity index (χ0n) is 13.8. The average molecular weight is 334 g/mol. The van der Waals surface area contributed by atoms with Gasteiger partial charge in [-0.3, -0.25) is 14.8 Å². The van der Waals surface area contributed by atoms with Crippen molar-refractivity contribution in [3.05, 3.63) is 72.3 Å². The Morgan fingerprint density at radius 1 is 1.08 bits per heavy atom. The van der Waals surface area contributed by atoms with Crippen molar-refractivity contribution in [2.24, 2.45) is 0 Å². The molecule has 3 rings (SSSR count). The molecule has 0 saturated carbocycles. The van der Waals surface area contributed by atoms with Crippen molar-refractivity contribution in [1.29, 1.82) is 0 Å². The van der Waals surface area contributed by atoms with Crippen LogP contribution in [0.5, 0.6) is 5.88 Å². The molecule has 0 radical (unpaired) electrons. The van der Waals surface area contributed by atoms with E-state index in [1.165, 1.54) is 6.20 Å². The van der Waals surface area contributed by atoms with Crippen molar-refractivity contribution >= 4 is 5.91 Å². The minimum atomic E-state index is -0.188. The summed E-state index contributed by atoms with van der Waals surface area (Å²) >= 11 is 0. The van der Waals surface area contributed by atoms with Crippen LogP contribution >= 0.6 is 0 Å². The van der Waals surface area contributed by atoms with E-state index in [4.69, 9.17) is 4.74 Å². The number of pyridine rings is 3. The maximum absolute atomic E-state index is 12.2. The minimum Gasteiger partial charge on any atom is -0.478 e. The van der Waals surface area contributed by atoms with Gasteiger partial charge in [-0.2, -0.15) is 0 Å². The molecule has 0 aliphatic rings. The fourth-order valence-electron chi connectivity index (χ4n) is 2.25. The third-order valence-corrected chi connectivity index (χ3v) is 3.53. The van der Waals surface area contributed by atoms with Crippen molar-refractivity contribution in [1.82, 2.24) is 20.3 Å². The van der Waals surface area contributed by atoms with Gasteiger partial charge in [0.25, 0.3) is 5.91 Å². The number of aromatic nitrogens is 3. The highest BCUT2D eigenvalue weighted by molar-refractivity contribution is 5.93. The highest BCUT2D eigenvalue weighted by Crippen LogP contribution is 2.15. The van der Waals surface area contributed by atoms with E-state index in [9.17, 15) is 4.79 Å². The lowest BCUT2D eigenvalue weighted by molar-refractivity contribution is 0.0950. The van der Waals surface area contributed by atoms with Crippen LogP contribution in [0.15, 0.2) is 61.2 Å². The van der Waals surface area contributed by atoms with E-state index in [0.717, 1.165) is 16.8 Å². The largest absolute Gasteiger partial charge is 0.478 e. The number of amides is 1. The Bertz CT molecular complexity index is 818. The second-order valence-electron chi connectivity index (χ2n) is 5.29. The van der Waals surface area contributed by atoms with Crippen LogP contribution in [-0.4, -0.2) is 27.5 Å². The maximum atomic E-state index is 12.2. The Morgan fingerprint density at radius 2 is 2.00 bits per heavy atom. The van der Waals surface area contributed by atoms with E-state index in [2.05, 4.69) is 20.3 Å². The first kappa shape index (κ1) is 16.6. The Balaban J connectivity index is 1.58. The molecule has 1 amide bonds. The topological polar surface area (TPSA) is 77.0 Å². The summed E-state index contributed by atoms with van der Waals surface area (Å²) in [5.74, 6) is 0.320. The molecular formula is C19H18N4O2. The van der Waals surface area contributed by atoms with Gasteiger partial charge in [-0.1, -0.05) is 6.07 Å². The Kier molecular flexibility index (Phi) is 5.31. The van der Waals surface area contributed by atoms with Crippen molar-refractivity contribution in [3.63, 3.8) is 0 Å². The molecular weight excluding hydrogens is 316 g/mol. The quantitative estimate of drug-likeness (QED) is 0.750. The van der Waals surface area contributed by atoms with Crippen LogP contribution in [0.25, 0.3) is 11.3 Å².